The van der Waals surface area contributed by atoms with Crippen molar-refractivity contribution in [1.82, 2.24) is 19.6 Å². The van der Waals surface area contributed by atoms with Crippen LogP contribution in [0.4, 0.5) is 11.4 Å². The van der Waals surface area contributed by atoms with Gasteiger partial charge in [-0.3, -0.25) is 19.8 Å². The Balaban J connectivity index is 0.943. The number of anilines is 1. The molecule has 1 saturated heterocycles. The minimum atomic E-state index is -4.61. The van der Waals surface area contributed by atoms with Gasteiger partial charge < -0.3 is 19.4 Å². The Hall–Kier alpha value is -5.44. The van der Waals surface area contributed by atoms with Gasteiger partial charge in [0.15, 0.2) is 0 Å². The van der Waals surface area contributed by atoms with E-state index in [-0.39, 0.29) is 34.1 Å². The Morgan fingerprint density at radius 3 is 2.53 bits per heavy atom. The van der Waals surface area contributed by atoms with Gasteiger partial charge in [0.1, 0.15) is 22.9 Å². The first-order valence-electron chi connectivity index (χ1n) is 22.4. The molecule has 1 saturated carbocycles. The molecule has 1 amide bonds. The molecule has 3 aromatic carbocycles. The van der Waals surface area contributed by atoms with Crippen LogP contribution in [0.5, 0.6) is 17.2 Å². The van der Waals surface area contributed by atoms with Gasteiger partial charge in [-0.2, -0.15) is 0 Å². The van der Waals surface area contributed by atoms with Crippen molar-refractivity contribution in [3.8, 4) is 17.2 Å². The number of nitro benzene ring substituents is 1. The highest BCUT2D eigenvalue weighted by Crippen LogP contribution is 2.45. The van der Waals surface area contributed by atoms with Crippen molar-refractivity contribution in [2.24, 2.45) is 23.2 Å². The summed E-state index contributed by atoms with van der Waals surface area (Å²) in [5.41, 5.74) is 5.85. The number of nitrogens with zero attached hydrogens (tertiary/aromatic N) is 4. The van der Waals surface area contributed by atoms with Crippen LogP contribution < -0.4 is 19.1 Å². The molecular formula is C49H55ClN6O7S. The fourth-order valence-electron chi connectivity index (χ4n) is 10.1. The number of nitro groups is 1. The summed E-state index contributed by atoms with van der Waals surface area (Å²) >= 11 is 6.25. The minimum absolute atomic E-state index is 0.0321. The van der Waals surface area contributed by atoms with Crippen LogP contribution in [-0.4, -0.2) is 73.4 Å². The zero-order chi connectivity index (χ0) is 44.8. The number of sulfonamides is 1. The number of carbonyl (C=O) groups is 1. The first-order chi connectivity index (χ1) is 30.7. The molecule has 5 aromatic rings. The van der Waals surface area contributed by atoms with E-state index in [1.54, 1.807) is 30.5 Å². The molecule has 13 nitrogen and oxygen atoms in total. The molecule has 64 heavy (non-hydrogen) atoms. The van der Waals surface area contributed by atoms with Crippen LogP contribution in [-0.2, 0) is 16.4 Å². The van der Waals surface area contributed by atoms with E-state index in [1.165, 1.54) is 29.0 Å². The standard InChI is InChI=1S/C49H55ClN6O7S/c1-31-4-6-32(7-5-31)36-23-42-44(56(58)59)25-40(26-45(42)62-30-36)64(60,61)53-48(57)41-13-12-38(24-46(41)63-39-22-34-15-17-51-47(34)52-28-39)55-20-18-54(19-21-55)29-35-14-16-49(2,3)27-43(35)33-8-10-37(50)11-9-33/h8-13,15,17,22,24-26,28,31-32,36H,4-7,14,16,18-21,23,27,29-30H2,1-3H3,(H,51,52)(H,53,57)/t31?,32?,36-/m1/s1. The number of fused-ring (bicyclic) bond motifs is 2. The fourth-order valence-corrected chi connectivity index (χ4v) is 11.2. The number of ether oxygens (including phenoxy) is 2. The smallest absolute Gasteiger partial charge is 0.277 e. The average Bonchev–Trinajstić information content (AvgIpc) is 3.75. The lowest BCUT2D eigenvalue weighted by molar-refractivity contribution is -0.386. The third-order valence-electron chi connectivity index (χ3n) is 13.9. The number of hydrogen-bond acceptors (Lipinski definition) is 10. The number of hydrogen-bond donors (Lipinski definition) is 2. The number of rotatable bonds is 11. The fraction of sp³-hybridized carbons (Fsp3) is 0.429. The second kappa shape index (κ2) is 17.9. The summed E-state index contributed by atoms with van der Waals surface area (Å²) in [6.07, 6.45) is 11.3. The number of aromatic nitrogens is 2. The maximum absolute atomic E-state index is 14.1. The maximum atomic E-state index is 14.1. The predicted octanol–water partition coefficient (Wildman–Crippen LogP) is 10.2. The van der Waals surface area contributed by atoms with Crippen molar-refractivity contribution >= 4 is 55.5 Å². The zero-order valence-corrected chi connectivity index (χ0v) is 38.1. The van der Waals surface area contributed by atoms with Crippen molar-refractivity contribution in [1.29, 1.82) is 0 Å². The Morgan fingerprint density at radius 1 is 1.02 bits per heavy atom. The number of pyridine rings is 1. The molecule has 0 unspecified atom stereocenters. The molecule has 0 radical (unpaired) electrons. The number of halogens is 1. The zero-order valence-electron chi connectivity index (χ0n) is 36.6. The van der Waals surface area contributed by atoms with E-state index < -0.39 is 25.7 Å². The molecule has 2 aromatic heterocycles. The second-order valence-corrected chi connectivity index (χ2v) is 21.1. The van der Waals surface area contributed by atoms with Crippen molar-refractivity contribution < 1.29 is 27.6 Å². The van der Waals surface area contributed by atoms with Gasteiger partial charge in [-0.1, -0.05) is 62.9 Å². The normalized spacial score (nSPS) is 21.6. The molecule has 0 spiro atoms. The van der Waals surface area contributed by atoms with Gasteiger partial charge in [0.05, 0.1) is 33.7 Å². The summed E-state index contributed by atoms with van der Waals surface area (Å²) in [5.74, 6) is 0.870. The highest BCUT2D eigenvalue weighted by molar-refractivity contribution is 7.90. The number of allylic oxidation sites excluding steroid dienone is 1. The summed E-state index contributed by atoms with van der Waals surface area (Å²) in [6.45, 7) is 11.3. The first-order valence-corrected chi connectivity index (χ1v) is 24.2. The molecule has 4 heterocycles. The van der Waals surface area contributed by atoms with Gasteiger partial charge in [0.2, 0.25) is 0 Å². The number of benzene rings is 3. The lowest BCUT2D eigenvalue weighted by Gasteiger charge is -2.39. The van der Waals surface area contributed by atoms with Crippen LogP contribution in [0, 0.1) is 33.3 Å². The van der Waals surface area contributed by atoms with Gasteiger partial charge in [0, 0.05) is 79.1 Å². The quantitative estimate of drug-likeness (QED) is 0.0965. The topological polar surface area (TPSA) is 160 Å². The second-order valence-electron chi connectivity index (χ2n) is 19.0. The van der Waals surface area contributed by atoms with E-state index in [2.05, 4.69) is 57.4 Å². The van der Waals surface area contributed by atoms with Gasteiger partial charge in [0.25, 0.3) is 21.6 Å². The van der Waals surface area contributed by atoms with Crippen molar-refractivity contribution in [3.05, 3.63) is 117 Å². The van der Waals surface area contributed by atoms with E-state index in [0.29, 0.717) is 41.8 Å². The Bertz CT molecular complexity index is 2720. The number of aromatic amines is 1. The van der Waals surface area contributed by atoms with Crippen molar-refractivity contribution in [3.63, 3.8) is 0 Å². The number of carbonyl (C=O) groups excluding carboxylic acids is 1. The molecular weight excluding hydrogens is 852 g/mol. The predicted molar refractivity (Wildman–Crippen MR) is 249 cm³/mol. The molecule has 1 atom stereocenters. The van der Waals surface area contributed by atoms with Crippen LogP contribution in [0.1, 0.15) is 87.2 Å². The monoisotopic (exact) mass is 906 g/mol. The van der Waals surface area contributed by atoms with E-state index in [4.69, 9.17) is 21.1 Å². The molecule has 2 N–H and O–H groups in total. The van der Waals surface area contributed by atoms with Crippen molar-refractivity contribution in [2.75, 3.05) is 44.2 Å². The van der Waals surface area contributed by atoms with Gasteiger partial charge in [-0.25, -0.2) is 18.1 Å². The molecule has 2 aliphatic heterocycles. The van der Waals surface area contributed by atoms with E-state index in [1.807, 2.05) is 18.2 Å². The Labute approximate surface area is 379 Å². The molecule has 15 heteroatoms. The van der Waals surface area contributed by atoms with Gasteiger partial charge in [-0.05, 0) is 103 Å². The highest BCUT2D eigenvalue weighted by Gasteiger charge is 2.36. The number of piperazine rings is 1. The molecule has 4 aliphatic rings. The van der Waals surface area contributed by atoms with Crippen LogP contribution >= 0.6 is 11.6 Å². The molecule has 336 valence electrons. The van der Waals surface area contributed by atoms with Crippen molar-refractivity contribution in [2.45, 2.75) is 77.0 Å². The van der Waals surface area contributed by atoms with E-state index >= 15 is 0 Å². The van der Waals surface area contributed by atoms with Crippen LogP contribution in [0.2, 0.25) is 5.02 Å². The van der Waals surface area contributed by atoms with Crippen LogP contribution in [0.3, 0.4) is 0 Å². The third-order valence-corrected chi connectivity index (χ3v) is 15.4. The largest absolute Gasteiger partial charge is 0.493 e. The molecule has 2 fully saturated rings. The van der Waals surface area contributed by atoms with Crippen LogP contribution in [0.15, 0.2) is 89.6 Å². The summed E-state index contributed by atoms with van der Waals surface area (Å²) < 4.78 is 42.5. The van der Waals surface area contributed by atoms with E-state index in [0.717, 1.165) is 99.8 Å². The van der Waals surface area contributed by atoms with Gasteiger partial charge >= 0.3 is 0 Å². The summed E-state index contributed by atoms with van der Waals surface area (Å²) in [6, 6.07) is 19.3. The lowest BCUT2D eigenvalue weighted by Crippen LogP contribution is -2.47. The SMILES string of the molecule is CC1CCC([C@H]2COc3cc(S(=O)(=O)NC(=O)c4ccc(N5CCN(CC6=C(c7ccc(Cl)cc7)CC(C)(C)CC6)CC5)cc4Oc4cnc5[nH]ccc5c4)cc([N+](=O)[O-])c3C2)CC1. The molecule has 9 rings (SSSR count). The first kappa shape index (κ1) is 43.8. The molecule has 0 bridgehead atoms. The van der Waals surface area contributed by atoms with E-state index in [9.17, 15) is 23.3 Å². The number of H-pyrrole nitrogens is 1. The summed E-state index contributed by atoms with van der Waals surface area (Å²) in [7, 11) is -4.61. The Kier molecular flexibility index (Phi) is 12.2. The average molecular weight is 908 g/mol. The number of nitrogens with one attached hydrogen (secondary N) is 2. The van der Waals surface area contributed by atoms with Gasteiger partial charge in [-0.15, -0.1) is 0 Å². The minimum Gasteiger partial charge on any atom is -0.493 e. The number of amides is 1. The maximum Gasteiger partial charge on any atom is 0.277 e. The third kappa shape index (κ3) is 9.50. The summed E-state index contributed by atoms with van der Waals surface area (Å²) in [4.78, 5) is 37.7. The molecule has 2 aliphatic carbocycles. The highest BCUT2D eigenvalue weighted by atomic mass is 35.5. The Morgan fingerprint density at radius 2 is 1.78 bits per heavy atom. The van der Waals surface area contributed by atoms with Crippen LogP contribution in [0.25, 0.3) is 16.6 Å². The lowest BCUT2D eigenvalue weighted by atomic mass is 9.72. The summed E-state index contributed by atoms with van der Waals surface area (Å²) in [5, 5.41) is 13.9.